The molecular weight excluding hydrogens is 378 g/mol. The average molecular weight is 402 g/mol. The maximum absolute atomic E-state index is 12.4. The molecule has 0 bridgehead atoms. The van der Waals surface area contributed by atoms with Crippen LogP contribution in [0, 0.1) is 18.8 Å². The summed E-state index contributed by atoms with van der Waals surface area (Å²) in [4.78, 5) is 28.9. The van der Waals surface area contributed by atoms with Crippen molar-refractivity contribution in [3.05, 3.63) is 52.9 Å². The van der Waals surface area contributed by atoms with Gasteiger partial charge in [0.1, 0.15) is 0 Å². The van der Waals surface area contributed by atoms with Gasteiger partial charge in [-0.3, -0.25) is 9.59 Å². The lowest BCUT2D eigenvalue weighted by Crippen LogP contribution is -2.34. The number of rotatable bonds is 5. The van der Waals surface area contributed by atoms with E-state index in [0.29, 0.717) is 29.0 Å². The summed E-state index contributed by atoms with van der Waals surface area (Å²) in [6, 6.07) is 8.99. The Morgan fingerprint density at radius 3 is 2.57 bits per heavy atom. The van der Waals surface area contributed by atoms with E-state index in [-0.39, 0.29) is 11.8 Å². The van der Waals surface area contributed by atoms with Gasteiger partial charge in [-0.2, -0.15) is 0 Å². The topological polar surface area (TPSA) is 65.8 Å². The summed E-state index contributed by atoms with van der Waals surface area (Å²) in [7, 11) is 0. The number of fused-ring (bicyclic) bond motifs is 1. The molecule has 0 saturated carbocycles. The maximum Gasteiger partial charge on any atom is 0.289 e. The Kier molecular flexibility index (Phi) is 5.42. The summed E-state index contributed by atoms with van der Waals surface area (Å²) in [6.45, 7) is 6.03. The number of benzene rings is 1. The first kappa shape index (κ1) is 19.0. The maximum atomic E-state index is 12.4. The Labute approximate surface area is 169 Å². The molecule has 1 aromatic carbocycles. The summed E-state index contributed by atoms with van der Waals surface area (Å²) in [5, 5.41) is 3.56. The van der Waals surface area contributed by atoms with Gasteiger partial charge in [0, 0.05) is 49.9 Å². The van der Waals surface area contributed by atoms with Gasteiger partial charge in [-0.15, -0.1) is 0 Å². The van der Waals surface area contributed by atoms with Crippen molar-refractivity contribution in [1.82, 2.24) is 9.80 Å². The SMILES string of the molecule is Cc1ccc(NC(=O)CCN2CC3CN(C(=O)c4ccco4)CC3C2)cc1Cl. The van der Waals surface area contributed by atoms with Crippen LogP contribution in [0.2, 0.25) is 5.02 Å². The molecule has 0 aliphatic carbocycles. The van der Waals surface area contributed by atoms with Crippen LogP contribution >= 0.6 is 11.6 Å². The summed E-state index contributed by atoms with van der Waals surface area (Å²) in [6.07, 6.45) is 1.97. The summed E-state index contributed by atoms with van der Waals surface area (Å²) in [5.41, 5.74) is 1.72. The summed E-state index contributed by atoms with van der Waals surface area (Å²) < 4.78 is 5.22. The number of amides is 2. The number of carbonyl (C=O) groups is 2. The predicted octanol–water partition coefficient (Wildman–Crippen LogP) is 3.27. The summed E-state index contributed by atoms with van der Waals surface area (Å²) in [5.74, 6) is 1.31. The van der Waals surface area contributed by atoms with E-state index in [9.17, 15) is 9.59 Å². The van der Waals surface area contributed by atoms with Gasteiger partial charge < -0.3 is 19.5 Å². The number of nitrogens with zero attached hydrogens (tertiary/aromatic N) is 2. The van der Waals surface area contributed by atoms with Crippen molar-refractivity contribution in [1.29, 1.82) is 0 Å². The number of halogens is 1. The number of anilines is 1. The van der Waals surface area contributed by atoms with Crippen LogP contribution in [-0.4, -0.2) is 54.3 Å². The molecule has 2 unspecified atom stereocenters. The normalized spacial score (nSPS) is 21.7. The van der Waals surface area contributed by atoms with Crippen molar-refractivity contribution in [3.63, 3.8) is 0 Å². The van der Waals surface area contributed by atoms with Crippen LogP contribution < -0.4 is 5.32 Å². The molecule has 2 saturated heterocycles. The number of hydrogen-bond acceptors (Lipinski definition) is 4. The molecule has 2 fully saturated rings. The Morgan fingerprint density at radius 1 is 1.18 bits per heavy atom. The lowest BCUT2D eigenvalue weighted by atomic mass is 10.0. The number of aryl methyl sites for hydroxylation is 1. The molecule has 2 atom stereocenters. The number of hydrogen-bond donors (Lipinski definition) is 1. The first-order chi connectivity index (χ1) is 13.5. The van der Waals surface area contributed by atoms with Crippen molar-refractivity contribution < 1.29 is 14.0 Å². The van der Waals surface area contributed by atoms with Gasteiger partial charge in [0.25, 0.3) is 5.91 Å². The monoisotopic (exact) mass is 401 g/mol. The Bertz CT molecular complexity index is 854. The second kappa shape index (κ2) is 7.97. The molecule has 6 nitrogen and oxygen atoms in total. The number of nitrogens with one attached hydrogen (secondary N) is 1. The zero-order valence-electron chi connectivity index (χ0n) is 15.9. The molecule has 4 rings (SSSR count). The molecule has 1 aromatic heterocycles. The molecule has 2 aromatic rings. The smallest absolute Gasteiger partial charge is 0.289 e. The highest BCUT2D eigenvalue weighted by molar-refractivity contribution is 6.31. The number of furan rings is 1. The van der Waals surface area contributed by atoms with Crippen LogP contribution in [0.5, 0.6) is 0 Å². The Morgan fingerprint density at radius 2 is 1.93 bits per heavy atom. The largest absolute Gasteiger partial charge is 0.459 e. The minimum absolute atomic E-state index is 0.00778. The third-order valence-corrected chi connectivity index (χ3v) is 6.10. The van der Waals surface area contributed by atoms with E-state index in [4.69, 9.17) is 16.0 Å². The zero-order valence-corrected chi connectivity index (χ0v) is 16.6. The molecule has 3 heterocycles. The summed E-state index contributed by atoms with van der Waals surface area (Å²) >= 11 is 6.11. The van der Waals surface area contributed by atoms with E-state index < -0.39 is 0 Å². The van der Waals surface area contributed by atoms with Gasteiger partial charge >= 0.3 is 0 Å². The highest BCUT2D eigenvalue weighted by atomic mass is 35.5. The van der Waals surface area contributed by atoms with Crippen LogP contribution in [0.15, 0.2) is 41.0 Å². The third-order valence-electron chi connectivity index (χ3n) is 5.69. The minimum atomic E-state index is -0.0258. The Hall–Kier alpha value is -2.31. The second-order valence-corrected chi connectivity index (χ2v) is 8.14. The highest BCUT2D eigenvalue weighted by Gasteiger charge is 2.41. The predicted molar refractivity (Wildman–Crippen MR) is 107 cm³/mol. The minimum Gasteiger partial charge on any atom is -0.459 e. The lowest BCUT2D eigenvalue weighted by Gasteiger charge is -2.20. The van der Waals surface area contributed by atoms with Crippen LogP contribution in [0.25, 0.3) is 0 Å². The van der Waals surface area contributed by atoms with Crippen LogP contribution in [0.4, 0.5) is 5.69 Å². The molecule has 0 radical (unpaired) electrons. The van der Waals surface area contributed by atoms with Gasteiger partial charge in [-0.25, -0.2) is 0 Å². The van der Waals surface area contributed by atoms with Crippen molar-refractivity contribution in [2.24, 2.45) is 11.8 Å². The molecule has 7 heteroatoms. The zero-order chi connectivity index (χ0) is 19.7. The first-order valence-corrected chi connectivity index (χ1v) is 9.98. The molecule has 2 aliphatic heterocycles. The molecule has 148 valence electrons. The van der Waals surface area contributed by atoms with Crippen LogP contribution in [-0.2, 0) is 4.79 Å². The fourth-order valence-electron chi connectivity index (χ4n) is 4.15. The fraction of sp³-hybridized carbons (Fsp3) is 0.429. The van der Waals surface area contributed by atoms with E-state index in [0.717, 1.165) is 44.0 Å². The molecule has 1 N–H and O–H groups in total. The van der Waals surface area contributed by atoms with Crippen molar-refractivity contribution in [3.8, 4) is 0 Å². The van der Waals surface area contributed by atoms with Gasteiger partial charge in [-0.1, -0.05) is 17.7 Å². The second-order valence-electron chi connectivity index (χ2n) is 7.73. The highest BCUT2D eigenvalue weighted by Crippen LogP contribution is 2.32. The molecule has 0 spiro atoms. The van der Waals surface area contributed by atoms with Gasteiger partial charge in [0.05, 0.1) is 6.26 Å². The van der Waals surface area contributed by atoms with E-state index in [1.54, 1.807) is 18.2 Å². The van der Waals surface area contributed by atoms with E-state index >= 15 is 0 Å². The van der Waals surface area contributed by atoms with E-state index in [2.05, 4.69) is 10.2 Å². The molecule has 28 heavy (non-hydrogen) atoms. The van der Waals surface area contributed by atoms with Crippen LogP contribution in [0.1, 0.15) is 22.5 Å². The molecule has 2 aliphatic rings. The van der Waals surface area contributed by atoms with Crippen molar-refractivity contribution >= 4 is 29.1 Å². The number of carbonyl (C=O) groups excluding carboxylic acids is 2. The van der Waals surface area contributed by atoms with Crippen molar-refractivity contribution in [2.45, 2.75) is 13.3 Å². The van der Waals surface area contributed by atoms with Gasteiger partial charge in [0.2, 0.25) is 5.91 Å². The average Bonchev–Trinajstić information content (AvgIpc) is 3.38. The van der Waals surface area contributed by atoms with Gasteiger partial charge in [-0.05, 0) is 48.6 Å². The Balaban J connectivity index is 1.22. The molecular formula is C21H24ClN3O3. The quantitative estimate of drug-likeness (QED) is 0.835. The fourth-order valence-corrected chi connectivity index (χ4v) is 4.33. The van der Waals surface area contributed by atoms with Crippen molar-refractivity contribution in [2.75, 3.05) is 38.0 Å². The van der Waals surface area contributed by atoms with E-state index in [1.165, 1.54) is 6.26 Å². The third kappa shape index (κ3) is 4.08. The number of likely N-dealkylation sites (tertiary alicyclic amines) is 2. The lowest BCUT2D eigenvalue weighted by molar-refractivity contribution is -0.116. The first-order valence-electron chi connectivity index (χ1n) is 9.61. The van der Waals surface area contributed by atoms with Gasteiger partial charge in [0.15, 0.2) is 5.76 Å². The standard InChI is InChI=1S/C21H24ClN3O3/c1-14-4-5-17(9-18(14)22)23-20(26)6-7-24-10-15-12-25(13-16(15)11-24)21(27)19-3-2-8-28-19/h2-5,8-9,15-16H,6-7,10-13H2,1H3,(H,23,26). The van der Waals surface area contributed by atoms with E-state index in [1.807, 2.05) is 24.0 Å². The van der Waals surface area contributed by atoms with Crippen LogP contribution in [0.3, 0.4) is 0 Å². The molecule has 2 amide bonds.